The summed E-state index contributed by atoms with van der Waals surface area (Å²) >= 11 is 8.88. The van der Waals surface area contributed by atoms with Gasteiger partial charge in [0.05, 0.1) is 13.2 Å². The van der Waals surface area contributed by atoms with Gasteiger partial charge in [-0.1, -0.05) is 46.3 Å². The number of H-pyrrole nitrogens is 1. The van der Waals surface area contributed by atoms with Gasteiger partial charge >= 0.3 is 0 Å². The van der Waals surface area contributed by atoms with Crippen LogP contribution in [0.3, 0.4) is 0 Å². The number of aromatic amines is 1. The van der Waals surface area contributed by atoms with Crippen LogP contribution in [0.5, 0.6) is 0 Å². The van der Waals surface area contributed by atoms with E-state index in [4.69, 9.17) is 17.0 Å². The monoisotopic (exact) mass is 322 g/mol. The Morgan fingerprint density at radius 2 is 2.17 bits per heavy atom. The number of nitrogens with zero attached hydrogens (tertiary/aromatic N) is 1. The lowest BCUT2D eigenvalue weighted by molar-refractivity contribution is 0.108. The normalized spacial score (nSPS) is 14.3. The Bertz CT molecular complexity index is 654. The molecule has 1 aromatic heterocycles. The van der Waals surface area contributed by atoms with Crippen LogP contribution >= 0.6 is 28.1 Å². The third-order valence-corrected chi connectivity index (χ3v) is 4.01. The number of nitrogens with one attached hydrogen (secondary N) is 1. The van der Waals surface area contributed by atoms with Crippen LogP contribution in [0.4, 0.5) is 0 Å². The number of ether oxygens (including phenoxy) is 1. The lowest BCUT2D eigenvalue weighted by Crippen LogP contribution is -2.14. The number of halogens is 1. The molecule has 1 aliphatic heterocycles. The van der Waals surface area contributed by atoms with Gasteiger partial charge < -0.3 is 9.72 Å². The smallest absolute Gasteiger partial charge is 0.140 e. The number of benzene rings is 1. The van der Waals surface area contributed by atoms with E-state index < -0.39 is 0 Å². The highest BCUT2D eigenvalue weighted by atomic mass is 79.9. The minimum absolute atomic E-state index is 0.563. The molecule has 0 unspecified atom stereocenters. The van der Waals surface area contributed by atoms with Crippen molar-refractivity contribution in [1.82, 2.24) is 9.97 Å². The van der Waals surface area contributed by atoms with E-state index in [-0.39, 0.29) is 0 Å². The maximum atomic E-state index is 5.41. The fourth-order valence-electron chi connectivity index (χ4n) is 2.04. The highest BCUT2D eigenvalue weighted by molar-refractivity contribution is 9.10. The Kier molecular flexibility index (Phi) is 3.28. The molecule has 0 saturated carbocycles. The van der Waals surface area contributed by atoms with Gasteiger partial charge in [0.1, 0.15) is 10.5 Å². The molecule has 1 aromatic carbocycles. The summed E-state index contributed by atoms with van der Waals surface area (Å²) in [5.41, 5.74) is 3.19. The predicted octanol–water partition coefficient (Wildman–Crippen LogP) is 3.64. The molecule has 2 heterocycles. The van der Waals surface area contributed by atoms with Crippen molar-refractivity contribution in [3.8, 4) is 11.4 Å². The Balaban J connectivity index is 2.17. The average molecular weight is 323 g/mol. The number of rotatable bonds is 1. The molecule has 0 aliphatic carbocycles. The minimum Gasteiger partial charge on any atom is -0.376 e. The van der Waals surface area contributed by atoms with E-state index in [9.17, 15) is 0 Å². The van der Waals surface area contributed by atoms with Crippen LogP contribution in [0.25, 0.3) is 11.4 Å². The first-order valence-corrected chi connectivity index (χ1v) is 6.90. The lowest BCUT2D eigenvalue weighted by atomic mass is 10.1. The summed E-state index contributed by atoms with van der Waals surface area (Å²) in [6.45, 7) is 1.30. The van der Waals surface area contributed by atoms with Crippen molar-refractivity contribution in [3.63, 3.8) is 0 Å². The summed E-state index contributed by atoms with van der Waals surface area (Å²) in [5.74, 6) is 0.813. The number of hydrogen-bond donors (Lipinski definition) is 1. The topological polar surface area (TPSA) is 37.9 Å². The van der Waals surface area contributed by atoms with E-state index in [2.05, 4.69) is 25.9 Å². The lowest BCUT2D eigenvalue weighted by Gasteiger charge is -2.17. The average Bonchev–Trinajstić information content (AvgIpc) is 2.39. The van der Waals surface area contributed by atoms with Crippen molar-refractivity contribution in [2.24, 2.45) is 0 Å². The van der Waals surface area contributed by atoms with Crippen LogP contribution < -0.4 is 0 Å². The van der Waals surface area contributed by atoms with Crippen molar-refractivity contribution in [2.45, 2.75) is 13.0 Å². The highest BCUT2D eigenvalue weighted by Crippen LogP contribution is 2.27. The molecule has 1 aliphatic rings. The van der Waals surface area contributed by atoms with Crippen molar-refractivity contribution in [3.05, 3.63) is 44.6 Å². The van der Waals surface area contributed by atoms with Gasteiger partial charge in [0.2, 0.25) is 0 Å². The van der Waals surface area contributed by atoms with Crippen LogP contribution in [-0.4, -0.2) is 16.6 Å². The van der Waals surface area contributed by atoms with Crippen molar-refractivity contribution >= 4 is 28.1 Å². The van der Waals surface area contributed by atoms with Crippen LogP contribution in [0.1, 0.15) is 11.3 Å². The van der Waals surface area contributed by atoms with Crippen LogP contribution in [0.15, 0.2) is 28.7 Å². The van der Waals surface area contributed by atoms with Gasteiger partial charge in [-0.05, 0) is 6.07 Å². The van der Waals surface area contributed by atoms with Gasteiger partial charge in [0, 0.05) is 27.7 Å². The molecular formula is C13H11BrN2OS. The second kappa shape index (κ2) is 4.91. The quantitative estimate of drug-likeness (QED) is 0.814. The summed E-state index contributed by atoms with van der Waals surface area (Å²) < 4.78 is 7.05. The molecule has 0 radical (unpaired) electrons. The molecule has 18 heavy (non-hydrogen) atoms. The summed E-state index contributed by atoms with van der Waals surface area (Å²) in [7, 11) is 0. The molecule has 0 spiro atoms. The zero-order valence-electron chi connectivity index (χ0n) is 9.57. The number of aromatic nitrogens is 2. The van der Waals surface area contributed by atoms with Gasteiger partial charge in [-0.3, -0.25) is 0 Å². The maximum Gasteiger partial charge on any atom is 0.140 e. The van der Waals surface area contributed by atoms with Crippen LogP contribution in [-0.2, 0) is 17.8 Å². The standard InChI is InChI=1S/C13H11BrN2OS/c14-10-4-2-1-3-8(10)12-15-11-5-6-17-7-9(11)13(18)16-12/h1-4H,5-7H2,(H,15,16,18). The third kappa shape index (κ3) is 2.13. The first kappa shape index (κ1) is 12.0. The van der Waals surface area contributed by atoms with Gasteiger partial charge in [0.15, 0.2) is 0 Å². The van der Waals surface area contributed by atoms with E-state index >= 15 is 0 Å². The highest BCUT2D eigenvalue weighted by Gasteiger charge is 2.15. The van der Waals surface area contributed by atoms with E-state index in [1.54, 1.807) is 0 Å². The molecule has 0 atom stereocenters. The fraction of sp³-hybridized carbons (Fsp3) is 0.231. The summed E-state index contributed by atoms with van der Waals surface area (Å²) in [5, 5.41) is 0. The van der Waals surface area contributed by atoms with Gasteiger partial charge in [-0.2, -0.15) is 0 Å². The molecule has 0 fully saturated rings. The second-order valence-electron chi connectivity index (χ2n) is 4.13. The fourth-order valence-corrected chi connectivity index (χ4v) is 2.78. The second-order valence-corrected chi connectivity index (χ2v) is 5.37. The van der Waals surface area contributed by atoms with E-state index in [1.165, 1.54) is 0 Å². The predicted molar refractivity (Wildman–Crippen MR) is 75.9 cm³/mol. The Morgan fingerprint density at radius 3 is 3.00 bits per heavy atom. The first-order chi connectivity index (χ1) is 8.75. The van der Waals surface area contributed by atoms with Crippen LogP contribution in [0.2, 0.25) is 0 Å². The molecule has 92 valence electrons. The van der Waals surface area contributed by atoms with E-state index in [1.807, 2.05) is 24.3 Å². The zero-order valence-corrected chi connectivity index (χ0v) is 12.0. The molecule has 1 N–H and O–H groups in total. The molecule has 3 rings (SSSR count). The summed E-state index contributed by atoms with van der Waals surface area (Å²) in [6, 6.07) is 7.98. The molecule has 0 amide bonds. The van der Waals surface area contributed by atoms with Crippen molar-refractivity contribution in [1.29, 1.82) is 0 Å². The van der Waals surface area contributed by atoms with Crippen molar-refractivity contribution in [2.75, 3.05) is 6.61 Å². The Morgan fingerprint density at radius 1 is 1.33 bits per heavy atom. The summed E-state index contributed by atoms with van der Waals surface area (Å²) in [4.78, 5) is 7.84. The first-order valence-electron chi connectivity index (χ1n) is 5.70. The maximum absolute atomic E-state index is 5.41. The SMILES string of the molecule is S=c1nc(-c2ccccc2Br)[nH]c2c1COCC2. The summed E-state index contributed by atoms with van der Waals surface area (Å²) in [6.07, 6.45) is 0.860. The molecule has 0 bridgehead atoms. The van der Waals surface area contributed by atoms with Crippen LogP contribution in [0, 0.1) is 4.64 Å². The third-order valence-electron chi connectivity index (χ3n) is 2.98. The largest absolute Gasteiger partial charge is 0.376 e. The molecule has 3 nitrogen and oxygen atoms in total. The zero-order chi connectivity index (χ0) is 12.5. The Hall–Kier alpha value is -1.04. The minimum atomic E-state index is 0.563. The Labute approximate surface area is 118 Å². The molecular weight excluding hydrogens is 312 g/mol. The van der Waals surface area contributed by atoms with E-state index in [0.29, 0.717) is 11.2 Å². The molecule has 2 aromatic rings. The van der Waals surface area contributed by atoms with Gasteiger partial charge in [0.25, 0.3) is 0 Å². The van der Waals surface area contributed by atoms with Gasteiger partial charge in [-0.15, -0.1) is 0 Å². The van der Waals surface area contributed by atoms with Crippen molar-refractivity contribution < 1.29 is 4.74 Å². The van der Waals surface area contributed by atoms with E-state index in [0.717, 1.165) is 40.1 Å². The number of fused-ring (bicyclic) bond motifs is 1. The number of hydrogen-bond acceptors (Lipinski definition) is 3. The van der Waals surface area contributed by atoms with Gasteiger partial charge in [-0.25, -0.2) is 4.98 Å². The molecule has 0 saturated heterocycles. The molecule has 5 heteroatoms.